The molecule has 2 aromatic carbocycles. The van der Waals surface area contributed by atoms with Crippen molar-refractivity contribution in [2.24, 2.45) is 0 Å². The van der Waals surface area contributed by atoms with E-state index in [1.54, 1.807) is 43.1 Å². The van der Waals surface area contributed by atoms with Crippen molar-refractivity contribution in [2.75, 3.05) is 18.2 Å². The number of anilines is 1. The molecule has 2 rings (SSSR count). The lowest BCUT2D eigenvalue weighted by Crippen LogP contribution is -2.12. The molecular formula is C18H18N2O2S. The van der Waals surface area contributed by atoms with Gasteiger partial charge in [0.2, 0.25) is 5.91 Å². The summed E-state index contributed by atoms with van der Waals surface area (Å²) in [5.74, 6) is 1.63. The standard InChI is InChI=1S/C18H18N2O2S/c1-22-15-8-10-16(11-9-15)23-12-4-7-18(21)20-17-6-3-2-5-14(17)13-19/h2-3,5-6,8-11H,4,7,12H2,1H3,(H,20,21). The first kappa shape index (κ1) is 16.9. The number of carbonyl (C=O) groups excluding carboxylic acids is 1. The minimum atomic E-state index is -0.0666. The molecule has 1 amide bonds. The first-order chi connectivity index (χ1) is 11.2. The molecule has 2 aromatic rings. The molecule has 0 radical (unpaired) electrons. The Morgan fingerprint density at radius 2 is 1.96 bits per heavy atom. The molecule has 0 atom stereocenters. The molecule has 0 aromatic heterocycles. The van der Waals surface area contributed by atoms with Gasteiger partial charge < -0.3 is 10.1 Å². The van der Waals surface area contributed by atoms with Crippen molar-refractivity contribution in [2.45, 2.75) is 17.7 Å². The average molecular weight is 326 g/mol. The fourth-order valence-corrected chi connectivity index (χ4v) is 2.85. The third-order valence-electron chi connectivity index (χ3n) is 3.20. The molecule has 118 valence electrons. The number of carbonyl (C=O) groups is 1. The molecule has 0 aliphatic rings. The number of nitrogens with zero attached hydrogens (tertiary/aromatic N) is 1. The zero-order valence-corrected chi connectivity index (χ0v) is 13.7. The summed E-state index contributed by atoms with van der Waals surface area (Å²) in [6.45, 7) is 0. The predicted octanol–water partition coefficient (Wildman–Crippen LogP) is 4.08. The van der Waals surface area contributed by atoms with Crippen LogP contribution in [0.5, 0.6) is 5.75 Å². The lowest BCUT2D eigenvalue weighted by Gasteiger charge is -2.07. The lowest BCUT2D eigenvalue weighted by atomic mass is 10.2. The van der Waals surface area contributed by atoms with E-state index in [2.05, 4.69) is 11.4 Å². The van der Waals surface area contributed by atoms with E-state index < -0.39 is 0 Å². The van der Waals surface area contributed by atoms with E-state index in [4.69, 9.17) is 10.00 Å². The highest BCUT2D eigenvalue weighted by atomic mass is 32.2. The minimum absolute atomic E-state index is 0.0666. The Hall–Kier alpha value is -2.45. The zero-order chi connectivity index (χ0) is 16.5. The number of nitriles is 1. The zero-order valence-electron chi connectivity index (χ0n) is 12.9. The first-order valence-corrected chi connectivity index (χ1v) is 8.27. The Morgan fingerprint density at radius 1 is 1.22 bits per heavy atom. The number of para-hydroxylation sites is 1. The van der Waals surface area contributed by atoms with Crippen molar-refractivity contribution in [3.8, 4) is 11.8 Å². The SMILES string of the molecule is COc1ccc(SCCCC(=O)Nc2ccccc2C#N)cc1. The third kappa shape index (κ3) is 5.35. The molecule has 0 saturated heterocycles. The molecule has 1 N–H and O–H groups in total. The normalized spacial score (nSPS) is 9.91. The van der Waals surface area contributed by atoms with Crippen LogP contribution in [0.2, 0.25) is 0 Å². The number of nitrogens with one attached hydrogen (secondary N) is 1. The summed E-state index contributed by atoms with van der Waals surface area (Å²) in [5, 5.41) is 11.8. The lowest BCUT2D eigenvalue weighted by molar-refractivity contribution is -0.116. The van der Waals surface area contributed by atoms with Crippen molar-refractivity contribution in [1.29, 1.82) is 5.26 Å². The molecule has 5 heteroatoms. The fraction of sp³-hybridized carbons (Fsp3) is 0.222. The number of rotatable bonds is 7. The van der Waals surface area contributed by atoms with Crippen LogP contribution in [0.3, 0.4) is 0 Å². The van der Waals surface area contributed by atoms with Gasteiger partial charge in [0.25, 0.3) is 0 Å². The van der Waals surface area contributed by atoms with Crippen molar-refractivity contribution >= 4 is 23.4 Å². The van der Waals surface area contributed by atoms with Gasteiger partial charge in [-0.05, 0) is 48.6 Å². The van der Waals surface area contributed by atoms with Crippen LogP contribution in [0, 0.1) is 11.3 Å². The minimum Gasteiger partial charge on any atom is -0.497 e. The van der Waals surface area contributed by atoms with E-state index in [0.29, 0.717) is 17.7 Å². The van der Waals surface area contributed by atoms with Crippen LogP contribution >= 0.6 is 11.8 Å². The first-order valence-electron chi connectivity index (χ1n) is 7.29. The van der Waals surface area contributed by atoms with Gasteiger partial charge in [-0.2, -0.15) is 5.26 Å². The molecule has 0 unspecified atom stereocenters. The smallest absolute Gasteiger partial charge is 0.224 e. The van der Waals surface area contributed by atoms with Crippen molar-refractivity contribution < 1.29 is 9.53 Å². The number of hydrogen-bond donors (Lipinski definition) is 1. The summed E-state index contributed by atoms with van der Waals surface area (Å²) < 4.78 is 5.12. The van der Waals surface area contributed by atoms with Gasteiger partial charge in [-0.3, -0.25) is 4.79 Å². The second-order valence-corrected chi connectivity index (χ2v) is 6.00. The second kappa shape index (κ2) is 8.86. The number of hydrogen-bond acceptors (Lipinski definition) is 4. The Bertz CT molecular complexity index is 693. The summed E-state index contributed by atoms with van der Waals surface area (Å²) in [6, 6.07) is 16.9. The maximum absolute atomic E-state index is 11.9. The average Bonchev–Trinajstić information content (AvgIpc) is 2.59. The van der Waals surface area contributed by atoms with Gasteiger partial charge in [-0.1, -0.05) is 12.1 Å². The number of benzene rings is 2. The molecule has 0 aliphatic heterocycles. The summed E-state index contributed by atoms with van der Waals surface area (Å²) >= 11 is 1.71. The van der Waals surface area contributed by atoms with Gasteiger partial charge in [0.05, 0.1) is 18.4 Å². The highest BCUT2D eigenvalue weighted by Crippen LogP contribution is 2.22. The monoisotopic (exact) mass is 326 g/mol. The molecule has 0 saturated carbocycles. The fourth-order valence-electron chi connectivity index (χ4n) is 2.00. The Labute approximate surface area is 140 Å². The van der Waals surface area contributed by atoms with Crippen molar-refractivity contribution in [1.82, 2.24) is 0 Å². The number of methoxy groups -OCH3 is 1. The highest BCUT2D eigenvalue weighted by Gasteiger charge is 2.06. The summed E-state index contributed by atoms with van der Waals surface area (Å²) in [7, 11) is 1.64. The van der Waals surface area contributed by atoms with Gasteiger partial charge in [-0.25, -0.2) is 0 Å². The van der Waals surface area contributed by atoms with Crippen LogP contribution in [0.4, 0.5) is 5.69 Å². The molecule has 0 bridgehead atoms. The Balaban J connectivity index is 1.73. The van der Waals surface area contributed by atoms with E-state index in [9.17, 15) is 4.79 Å². The van der Waals surface area contributed by atoms with Gasteiger partial charge in [-0.15, -0.1) is 11.8 Å². The molecule has 4 nitrogen and oxygen atoms in total. The van der Waals surface area contributed by atoms with Crippen molar-refractivity contribution in [3.05, 3.63) is 54.1 Å². The van der Waals surface area contributed by atoms with Gasteiger partial charge in [0.15, 0.2) is 0 Å². The number of thioether (sulfide) groups is 1. The predicted molar refractivity (Wildman–Crippen MR) is 92.7 cm³/mol. The van der Waals surface area contributed by atoms with Crippen LogP contribution in [-0.4, -0.2) is 18.8 Å². The van der Waals surface area contributed by atoms with Crippen LogP contribution in [0.1, 0.15) is 18.4 Å². The topological polar surface area (TPSA) is 62.1 Å². The molecule has 0 aliphatic carbocycles. The van der Waals surface area contributed by atoms with E-state index in [1.807, 2.05) is 24.3 Å². The van der Waals surface area contributed by atoms with Gasteiger partial charge >= 0.3 is 0 Å². The van der Waals surface area contributed by atoms with E-state index in [0.717, 1.165) is 22.8 Å². The molecule has 0 heterocycles. The molecule has 0 fully saturated rings. The van der Waals surface area contributed by atoms with Gasteiger partial charge in [0.1, 0.15) is 11.8 Å². The van der Waals surface area contributed by atoms with Crippen LogP contribution in [0.25, 0.3) is 0 Å². The summed E-state index contributed by atoms with van der Waals surface area (Å²) in [5.41, 5.74) is 1.05. The quantitative estimate of drug-likeness (QED) is 0.615. The number of ether oxygens (including phenoxy) is 1. The molecule has 23 heavy (non-hydrogen) atoms. The summed E-state index contributed by atoms with van der Waals surface area (Å²) in [6.07, 6.45) is 1.21. The second-order valence-electron chi connectivity index (χ2n) is 4.83. The third-order valence-corrected chi connectivity index (χ3v) is 4.30. The molecular weight excluding hydrogens is 308 g/mol. The molecule has 0 spiro atoms. The Morgan fingerprint density at radius 3 is 2.65 bits per heavy atom. The van der Waals surface area contributed by atoms with E-state index in [-0.39, 0.29) is 5.91 Å². The van der Waals surface area contributed by atoms with Crippen LogP contribution < -0.4 is 10.1 Å². The maximum atomic E-state index is 11.9. The van der Waals surface area contributed by atoms with Gasteiger partial charge in [0, 0.05) is 11.3 Å². The Kier molecular flexibility index (Phi) is 6.52. The van der Waals surface area contributed by atoms with E-state index >= 15 is 0 Å². The van der Waals surface area contributed by atoms with Crippen LogP contribution in [-0.2, 0) is 4.79 Å². The highest BCUT2D eigenvalue weighted by molar-refractivity contribution is 7.99. The summed E-state index contributed by atoms with van der Waals surface area (Å²) in [4.78, 5) is 13.1. The number of amides is 1. The van der Waals surface area contributed by atoms with E-state index in [1.165, 1.54) is 0 Å². The van der Waals surface area contributed by atoms with Crippen LogP contribution in [0.15, 0.2) is 53.4 Å². The largest absolute Gasteiger partial charge is 0.497 e. The van der Waals surface area contributed by atoms with Crippen molar-refractivity contribution in [3.63, 3.8) is 0 Å². The maximum Gasteiger partial charge on any atom is 0.224 e.